The van der Waals surface area contributed by atoms with Gasteiger partial charge in [0.2, 0.25) is 5.91 Å². The van der Waals surface area contributed by atoms with Crippen molar-refractivity contribution in [1.82, 2.24) is 5.32 Å². The van der Waals surface area contributed by atoms with E-state index in [2.05, 4.69) is 55.6 Å². The fourth-order valence-electron chi connectivity index (χ4n) is 15.9. The average Bonchev–Trinajstić information content (AvgIpc) is 0.782. The lowest BCUT2D eigenvalue weighted by molar-refractivity contribution is -0.379. The van der Waals surface area contributed by atoms with E-state index in [-0.39, 0.29) is 18.9 Å². The van der Waals surface area contributed by atoms with Gasteiger partial charge in [-0.1, -0.05) is 383 Å². The van der Waals surface area contributed by atoms with E-state index in [0.29, 0.717) is 12.8 Å². The predicted molar refractivity (Wildman–Crippen MR) is 452 cm³/mol. The van der Waals surface area contributed by atoms with Gasteiger partial charge in [0.1, 0.15) is 73.2 Å². The summed E-state index contributed by atoms with van der Waals surface area (Å²) in [4.78, 5) is 13.5. The summed E-state index contributed by atoms with van der Waals surface area (Å²) in [5.74, 6) is -0.277. The van der Waals surface area contributed by atoms with Crippen LogP contribution in [0.3, 0.4) is 0 Å². The molecule has 0 radical (unpaired) electrons. The van der Waals surface area contributed by atoms with Gasteiger partial charge >= 0.3 is 0 Å². The molecule has 0 aromatic rings. The van der Waals surface area contributed by atoms with E-state index in [9.17, 15) is 61.0 Å². The minimum absolute atomic E-state index is 0.239. The van der Waals surface area contributed by atoms with Crippen molar-refractivity contribution in [2.45, 2.75) is 510 Å². The molecule has 0 bridgehead atoms. The quantitative estimate of drug-likeness (QED) is 0.0199. The highest BCUT2D eigenvalue weighted by atomic mass is 16.8. The standard InChI is InChI=1S/C93H173NO18/c1-3-5-7-9-11-13-15-17-19-21-23-25-27-29-31-33-35-37-38-39-41-43-45-47-49-51-53-55-57-59-61-63-65-67-69-71-81(99)94-76(77(98)70-68-66-64-62-60-58-56-54-52-50-48-46-44-42-40-36-34-32-30-28-26-24-22-20-18-16-14-12-10-8-6-4-2)75-107-91-87(105)84(102)89(79(73-96)109-91)112-93-88(106)85(103)90(80(74-97)110-93)111-92-86(104)83(101)82(100)78(72-95)108-92/h15,17,21,23,60,62,68,70,76-80,82-93,95-98,100-106H,3-14,16,18-20,22,24-59,61,63-67,69,71-75H2,1-2H3,(H,94,99)/b17-15-,23-21-,62-60+,70-68+. The molecule has 12 N–H and O–H groups in total. The number of rotatable bonds is 77. The van der Waals surface area contributed by atoms with Crippen molar-refractivity contribution < 1.29 is 89.4 Å². The van der Waals surface area contributed by atoms with Crippen molar-refractivity contribution in [2.75, 3.05) is 26.4 Å². The Morgan fingerprint density at radius 3 is 0.946 bits per heavy atom. The number of carbonyl (C=O) groups excluding carboxylic acids is 1. The molecule has 17 atom stereocenters. The molecule has 3 saturated heterocycles. The highest BCUT2D eigenvalue weighted by molar-refractivity contribution is 5.76. The first-order valence-electron chi connectivity index (χ1n) is 46.9. The maximum absolute atomic E-state index is 13.5. The maximum atomic E-state index is 13.5. The second-order valence-electron chi connectivity index (χ2n) is 33.5. The van der Waals surface area contributed by atoms with Gasteiger partial charge in [-0.15, -0.1) is 0 Å². The number of unbranched alkanes of at least 4 members (excludes halogenated alkanes) is 55. The van der Waals surface area contributed by atoms with Gasteiger partial charge in [-0.2, -0.15) is 0 Å². The van der Waals surface area contributed by atoms with Crippen LogP contribution in [0.1, 0.15) is 406 Å². The second kappa shape index (κ2) is 72.7. The highest BCUT2D eigenvalue weighted by Crippen LogP contribution is 2.34. The molecule has 19 heteroatoms. The summed E-state index contributed by atoms with van der Waals surface area (Å²) in [6, 6.07) is -0.992. The number of amides is 1. The van der Waals surface area contributed by atoms with E-state index in [1.807, 2.05) is 6.08 Å². The molecule has 1 amide bonds. The zero-order valence-electron chi connectivity index (χ0n) is 71.2. The molecule has 0 aliphatic carbocycles. The Balaban J connectivity index is 1.32. The van der Waals surface area contributed by atoms with Crippen LogP contribution in [-0.2, 0) is 33.2 Å². The number of aliphatic hydroxyl groups excluding tert-OH is 11. The monoisotopic (exact) mass is 1590 g/mol. The Morgan fingerprint density at radius 2 is 0.598 bits per heavy atom. The number of allylic oxidation sites excluding steroid dienone is 7. The summed E-state index contributed by atoms with van der Waals surface area (Å²) in [5.41, 5.74) is 0. The van der Waals surface area contributed by atoms with Crippen LogP contribution in [0, 0.1) is 0 Å². The van der Waals surface area contributed by atoms with E-state index in [1.165, 1.54) is 327 Å². The van der Waals surface area contributed by atoms with E-state index < -0.39 is 124 Å². The van der Waals surface area contributed by atoms with Crippen LogP contribution >= 0.6 is 0 Å². The molecule has 3 fully saturated rings. The lowest BCUT2D eigenvalue weighted by atomic mass is 9.96. The first-order valence-corrected chi connectivity index (χ1v) is 46.9. The van der Waals surface area contributed by atoms with Gasteiger partial charge in [0, 0.05) is 6.42 Å². The third kappa shape index (κ3) is 50.6. The number of hydrogen-bond donors (Lipinski definition) is 12. The second-order valence-corrected chi connectivity index (χ2v) is 33.5. The Bertz CT molecular complexity index is 2200. The van der Waals surface area contributed by atoms with Crippen LogP contribution in [0.2, 0.25) is 0 Å². The van der Waals surface area contributed by atoms with Crippen LogP contribution in [0.15, 0.2) is 48.6 Å². The fourth-order valence-corrected chi connectivity index (χ4v) is 15.9. The number of carbonyl (C=O) groups is 1. The van der Waals surface area contributed by atoms with E-state index >= 15 is 0 Å². The summed E-state index contributed by atoms with van der Waals surface area (Å²) < 4.78 is 34.5. The first-order chi connectivity index (χ1) is 54.8. The molecule has 3 heterocycles. The van der Waals surface area contributed by atoms with E-state index in [4.69, 9.17) is 28.4 Å². The minimum atomic E-state index is -1.98. The summed E-state index contributed by atoms with van der Waals surface area (Å²) in [6.07, 6.45) is 68.5. The molecule has 17 unspecified atom stereocenters. The van der Waals surface area contributed by atoms with Crippen molar-refractivity contribution >= 4 is 5.91 Å². The molecule has 3 aliphatic heterocycles. The Labute approximate surface area is 682 Å². The van der Waals surface area contributed by atoms with Gasteiger partial charge in [-0.3, -0.25) is 4.79 Å². The Kier molecular flexibility index (Phi) is 67.5. The predicted octanol–water partition coefficient (Wildman–Crippen LogP) is 18.4. The van der Waals surface area contributed by atoms with Gasteiger partial charge in [0.25, 0.3) is 0 Å². The molecular formula is C93H173NO18. The number of hydrogen-bond acceptors (Lipinski definition) is 18. The zero-order valence-corrected chi connectivity index (χ0v) is 71.2. The van der Waals surface area contributed by atoms with Crippen molar-refractivity contribution in [2.24, 2.45) is 0 Å². The number of aliphatic hydroxyl groups is 11. The Morgan fingerprint density at radius 1 is 0.321 bits per heavy atom. The normalized spacial score (nSPS) is 25.1. The van der Waals surface area contributed by atoms with Crippen molar-refractivity contribution in [3.63, 3.8) is 0 Å². The SMILES string of the molecule is CCCCCCC/C=C\C/C=C\CCCCCCCCCCCCCCCCCCCCCCCCCC(=O)NC(COC1OC(CO)C(OC2OC(CO)C(OC3OC(CO)C(O)C(O)C3O)C(O)C2O)C(O)C1O)C(O)/C=C/CC/C=C/CCCCCCCCCCCCCCCCCCCCCCCCCCCC. The molecule has 0 spiro atoms. The molecule has 0 aromatic heterocycles. The molecule has 3 aliphatic rings. The third-order valence-electron chi connectivity index (χ3n) is 23.3. The molecule has 0 saturated carbocycles. The molecular weight excluding hydrogens is 1420 g/mol. The van der Waals surface area contributed by atoms with Gasteiger partial charge in [-0.05, 0) is 64.2 Å². The van der Waals surface area contributed by atoms with Gasteiger partial charge in [0.15, 0.2) is 18.9 Å². The average molecular weight is 1590 g/mol. The molecule has 3 rings (SSSR count). The van der Waals surface area contributed by atoms with Crippen LogP contribution in [0.25, 0.3) is 0 Å². The van der Waals surface area contributed by atoms with Crippen LogP contribution < -0.4 is 5.32 Å². The highest BCUT2D eigenvalue weighted by Gasteiger charge is 2.54. The minimum Gasteiger partial charge on any atom is -0.394 e. The van der Waals surface area contributed by atoms with Gasteiger partial charge in [-0.25, -0.2) is 0 Å². The number of nitrogens with one attached hydrogen (secondary N) is 1. The van der Waals surface area contributed by atoms with Crippen LogP contribution in [0.5, 0.6) is 0 Å². The fraction of sp³-hybridized carbons (Fsp3) is 0.903. The maximum Gasteiger partial charge on any atom is 0.220 e. The first kappa shape index (κ1) is 104. The smallest absolute Gasteiger partial charge is 0.220 e. The van der Waals surface area contributed by atoms with Crippen molar-refractivity contribution in [3.8, 4) is 0 Å². The molecule has 0 aromatic carbocycles. The lowest BCUT2D eigenvalue weighted by Gasteiger charge is -2.48. The van der Waals surface area contributed by atoms with Crippen molar-refractivity contribution in [1.29, 1.82) is 0 Å². The largest absolute Gasteiger partial charge is 0.394 e. The summed E-state index contributed by atoms with van der Waals surface area (Å²) >= 11 is 0. The Hall–Kier alpha value is -2.25. The van der Waals surface area contributed by atoms with E-state index in [1.54, 1.807) is 6.08 Å². The zero-order chi connectivity index (χ0) is 81.0. The molecule has 112 heavy (non-hydrogen) atoms. The summed E-state index contributed by atoms with van der Waals surface area (Å²) in [7, 11) is 0. The summed E-state index contributed by atoms with van der Waals surface area (Å²) in [5, 5.41) is 121. The van der Waals surface area contributed by atoms with Crippen LogP contribution in [-0.4, -0.2) is 193 Å². The summed E-state index contributed by atoms with van der Waals surface area (Å²) in [6.45, 7) is 1.78. The van der Waals surface area contributed by atoms with Crippen molar-refractivity contribution in [3.05, 3.63) is 48.6 Å². The molecule has 19 nitrogen and oxygen atoms in total. The lowest BCUT2D eigenvalue weighted by Crippen LogP contribution is -2.66. The topological polar surface area (TPSA) is 307 Å². The van der Waals surface area contributed by atoms with Crippen LogP contribution in [0.4, 0.5) is 0 Å². The van der Waals surface area contributed by atoms with Gasteiger partial charge < -0.3 is 89.9 Å². The van der Waals surface area contributed by atoms with E-state index in [0.717, 1.165) is 44.9 Å². The third-order valence-corrected chi connectivity index (χ3v) is 23.3. The number of ether oxygens (including phenoxy) is 6. The van der Waals surface area contributed by atoms with Gasteiger partial charge in [0.05, 0.1) is 38.6 Å². The molecule has 658 valence electrons.